The summed E-state index contributed by atoms with van der Waals surface area (Å²) in [6, 6.07) is 13.7. The molecule has 1 N–H and O–H groups in total. The van der Waals surface area contributed by atoms with Crippen LogP contribution in [-0.2, 0) is 11.2 Å². The first kappa shape index (κ1) is 19.4. The molecule has 1 aromatic heterocycles. The molecule has 8 heteroatoms. The maximum Gasteiger partial charge on any atom is 0.230 e. The largest absolute Gasteiger partial charge is 0.355 e. The second-order valence-corrected chi connectivity index (χ2v) is 7.54. The summed E-state index contributed by atoms with van der Waals surface area (Å²) in [4.78, 5) is 12.1. The third-order valence-corrected chi connectivity index (χ3v) is 5.29. The quantitative estimate of drug-likeness (QED) is 0.614. The Bertz CT molecular complexity index is 943. The maximum atomic E-state index is 12.1. The summed E-state index contributed by atoms with van der Waals surface area (Å²) in [5.41, 5.74) is 4.35. The average molecular weight is 402 g/mol. The second kappa shape index (κ2) is 9.01. The number of halogens is 1. The zero-order chi connectivity index (χ0) is 19.2. The molecule has 140 valence electrons. The zero-order valence-electron chi connectivity index (χ0n) is 15.1. The Morgan fingerprint density at radius 3 is 2.81 bits per heavy atom. The number of amides is 1. The van der Waals surface area contributed by atoms with E-state index in [9.17, 15) is 4.79 Å². The fourth-order valence-corrected chi connectivity index (χ4v) is 3.44. The van der Waals surface area contributed by atoms with Crippen LogP contribution in [-0.4, -0.2) is 38.4 Å². The van der Waals surface area contributed by atoms with E-state index < -0.39 is 0 Å². The lowest BCUT2D eigenvalue weighted by molar-refractivity contribution is -0.118. The number of aromatic nitrogens is 4. The average Bonchev–Trinajstić information content (AvgIpc) is 3.11. The fourth-order valence-electron chi connectivity index (χ4n) is 2.51. The Labute approximate surface area is 167 Å². The lowest BCUT2D eigenvalue weighted by Gasteiger charge is -2.07. The highest BCUT2D eigenvalue weighted by molar-refractivity contribution is 7.99. The van der Waals surface area contributed by atoms with Gasteiger partial charge in [-0.2, -0.15) is 4.68 Å². The molecule has 0 saturated carbocycles. The molecule has 0 aliphatic heterocycles. The van der Waals surface area contributed by atoms with Crippen LogP contribution in [0, 0.1) is 13.8 Å². The minimum absolute atomic E-state index is 0.0586. The van der Waals surface area contributed by atoms with Gasteiger partial charge in [0, 0.05) is 11.6 Å². The van der Waals surface area contributed by atoms with Crippen molar-refractivity contribution in [2.45, 2.75) is 25.4 Å². The van der Waals surface area contributed by atoms with E-state index in [1.165, 1.54) is 17.3 Å². The summed E-state index contributed by atoms with van der Waals surface area (Å²) < 4.78 is 1.65. The number of carbonyl (C=O) groups is 1. The predicted octanol–water partition coefficient (Wildman–Crippen LogP) is 3.38. The van der Waals surface area contributed by atoms with Gasteiger partial charge in [-0.15, -0.1) is 5.10 Å². The molecule has 1 heterocycles. The molecule has 0 fully saturated rings. The predicted molar refractivity (Wildman–Crippen MR) is 108 cm³/mol. The summed E-state index contributed by atoms with van der Waals surface area (Å²) in [6.07, 6.45) is 0.733. The van der Waals surface area contributed by atoms with E-state index in [4.69, 9.17) is 11.6 Å². The topological polar surface area (TPSA) is 72.7 Å². The van der Waals surface area contributed by atoms with Crippen LogP contribution in [0.4, 0.5) is 0 Å². The molecule has 1 amide bonds. The standard InChI is InChI=1S/C19H20ClN5OS/c1-13-6-7-17(10-14(13)2)25-19(22-23-24-25)27-12-18(26)21-9-8-15-4-3-5-16(20)11-15/h3-7,10-11H,8-9,12H2,1-2H3,(H,21,26). The Morgan fingerprint density at radius 1 is 1.19 bits per heavy atom. The van der Waals surface area contributed by atoms with Gasteiger partial charge in [0.05, 0.1) is 11.4 Å². The summed E-state index contributed by atoms with van der Waals surface area (Å²) in [6.45, 7) is 4.66. The van der Waals surface area contributed by atoms with Gasteiger partial charge in [-0.25, -0.2) is 0 Å². The molecule has 6 nitrogen and oxygen atoms in total. The van der Waals surface area contributed by atoms with E-state index in [0.717, 1.165) is 23.2 Å². The summed E-state index contributed by atoms with van der Waals surface area (Å²) in [5.74, 6) is 0.192. The molecule has 0 saturated heterocycles. The van der Waals surface area contributed by atoms with Gasteiger partial charge in [-0.05, 0) is 71.7 Å². The Kier molecular flexibility index (Phi) is 6.47. The van der Waals surface area contributed by atoms with E-state index >= 15 is 0 Å². The highest BCUT2D eigenvalue weighted by Gasteiger charge is 2.12. The zero-order valence-corrected chi connectivity index (χ0v) is 16.7. The van der Waals surface area contributed by atoms with Crippen molar-refractivity contribution in [2.75, 3.05) is 12.3 Å². The van der Waals surface area contributed by atoms with E-state index in [-0.39, 0.29) is 11.7 Å². The Morgan fingerprint density at radius 2 is 2.04 bits per heavy atom. The van der Waals surface area contributed by atoms with Crippen LogP contribution in [0.25, 0.3) is 5.69 Å². The first-order valence-electron chi connectivity index (χ1n) is 8.53. The van der Waals surface area contributed by atoms with Crippen molar-refractivity contribution in [3.8, 4) is 5.69 Å². The van der Waals surface area contributed by atoms with Gasteiger partial charge < -0.3 is 5.32 Å². The molecule has 3 rings (SSSR count). The molecule has 0 unspecified atom stereocenters. The lowest BCUT2D eigenvalue weighted by atomic mass is 10.1. The highest BCUT2D eigenvalue weighted by atomic mass is 35.5. The van der Waals surface area contributed by atoms with Gasteiger partial charge in [-0.3, -0.25) is 4.79 Å². The van der Waals surface area contributed by atoms with Crippen LogP contribution in [0.1, 0.15) is 16.7 Å². The van der Waals surface area contributed by atoms with Crippen molar-refractivity contribution in [1.29, 1.82) is 0 Å². The molecule has 0 aliphatic carbocycles. The number of nitrogens with one attached hydrogen (secondary N) is 1. The molecule has 0 spiro atoms. The van der Waals surface area contributed by atoms with Crippen molar-refractivity contribution < 1.29 is 4.79 Å². The number of hydrogen-bond acceptors (Lipinski definition) is 5. The number of aryl methyl sites for hydroxylation is 2. The first-order valence-corrected chi connectivity index (χ1v) is 9.89. The van der Waals surface area contributed by atoms with Gasteiger partial charge in [0.25, 0.3) is 0 Å². The number of nitrogens with zero attached hydrogens (tertiary/aromatic N) is 4. The van der Waals surface area contributed by atoms with Crippen LogP contribution in [0.3, 0.4) is 0 Å². The minimum Gasteiger partial charge on any atom is -0.355 e. The van der Waals surface area contributed by atoms with Crippen LogP contribution in [0.5, 0.6) is 0 Å². The molecule has 0 aliphatic rings. The molecule has 0 atom stereocenters. The van der Waals surface area contributed by atoms with E-state index in [1.807, 2.05) is 49.4 Å². The van der Waals surface area contributed by atoms with Gasteiger partial charge in [-0.1, -0.05) is 41.6 Å². The lowest BCUT2D eigenvalue weighted by Crippen LogP contribution is -2.27. The second-order valence-electron chi connectivity index (χ2n) is 6.16. The number of hydrogen-bond donors (Lipinski definition) is 1. The minimum atomic E-state index is -0.0586. The van der Waals surface area contributed by atoms with Gasteiger partial charge in [0.15, 0.2) is 0 Å². The van der Waals surface area contributed by atoms with Gasteiger partial charge >= 0.3 is 0 Å². The van der Waals surface area contributed by atoms with Crippen LogP contribution in [0.2, 0.25) is 5.02 Å². The molecule has 0 bridgehead atoms. The fraction of sp³-hybridized carbons (Fsp3) is 0.263. The molecule has 2 aromatic carbocycles. The normalized spacial score (nSPS) is 10.8. The van der Waals surface area contributed by atoms with Crippen molar-refractivity contribution in [1.82, 2.24) is 25.5 Å². The van der Waals surface area contributed by atoms with Gasteiger partial charge in [0.1, 0.15) is 0 Å². The molecular weight excluding hydrogens is 382 g/mol. The number of rotatable bonds is 7. The first-order chi connectivity index (χ1) is 13.0. The van der Waals surface area contributed by atoms with Crippen molar-refractivity contribution in [3.05, 3.63) is 64.2 Å². The molecule has 3 aromatic rings. The van der Waals surface area contributed by atoms with E-state index in [1.54, 1.807) is 4.68 Å². The van der Waals surface area contributed by atoms with Crippen LogP contribution >= 0.6 is 23.4 Å². The van der Waals surface area contributed by atoms with Gasteiger partial charge in [0.2, 0.25) is 11.1 Å². The van der Waals surface area contributed by atoms with Crippen molar-refractivity contribution in [3.63, 3.8) is 0 Å². The van der Waals surface area contributed by atoms with Crippen LogP contribution in [0.15, 0.2) is 47.6 Å². The molecule has 0 radical (unpaired) electrons. The summed E-state index contributed by atoms with van der Waals surface area (Å²) >= 11 is 7.27. The smallest absolute Gasteiger partial charge is 0.230 e. The Hall–Kier alpha value is -2.38. The summed E-state index contributed by atoms with van der Waals surface area (Å²) in [5, 5.41) is 16.0. The third kappa shape index (κ3) is 5.30. The number of thioether (sulfide) groups is 1. The number of tetrazole rings is 1. The molecular formula is C19H20ClN5OS. The van der Waals surface area contributed by atoms with E-state index in [2.05, 4.69) is 27.8 Å². The number of benzene rings is 2. The number of carbonyl (C=O) groups excluding carboxylic acids is 1. The van der Waals surface area contributed by atoms with Crippen LogP contribution < -0.4 is 5.32 Å². The maximum absolute atomic E-state index is 12.1. The monoisotopic (exact) mass is 401 g/mol. The molecule has 27 heavy (non-hydrogen) atoms. The SMILES string of the molecule is Cc1ccc(-n2nnnc2SCC(=O)NCCc2cccc(Cl)c2)cc1C. The van der Waals surface area contributed by atoms with E-state index in [0.29, 0.717) is 16.7 Å². The summed E-state index contributed by atoms with van der Waals surface area (Å²) in [7, 11) is 0. The highest BCUT2D eigenvalue weighted by Crippen LogP contribution is 2.20. The van der Waals surface area contributed by atoms with Crippen molar-refractivity contribution >= 4 is 29.3 Å². The third-order valence-electron chi connectivity index (χ3n) is 4.13. The van der Waals surface area contributed by atoms with Crippen molar-refractivity contribution in [2.24, 2.45) is 0 Å². The Balaban J connectivity index is 1.52.